The van der Waals surface area contributed by atoms with Crippen molar-refractivity contribution in [1.29, 1.82) is 0 Å². The first-order valence-electron chi connectivity index (χ1n) is 40.4. The maximum Gasteiger partial charge on any atom is 0.472 e. The second kappa shape index (κ2) is 76.4. The molecule has 0 bridgehead atoms. The van der Waals surface area contributed by atoms with E-state index in [0.29, 0.717) is 25.7 Å². The minimum atomic E-state index is -4.99. The number of hydrogen-bond acceptors (Lipinski definition) is 15. The molecule has 0 aromatic rings. The summed E-state index contributed by atoms with van der Waals surface area (Å²) in [5.74, 6) is -2.23. The lowest BCUT2D eigenvalue weighted by Crippen LogP contribution is -2.30. The van der Waals surface area contributed by atoms with E-state index in [1.165, 1.54) is 25.7 Å². The SMILES string of the molecule is CC/C=C\C/C=C\C/C=C\C/C=C\CCCCCCCCC(=O)OCC(COP(=O)(O)OCC(O)COP(=O)(O)OCC(COC(=O)CCCCCCCC/C=C\C/C=C\C/C=C\C/C=C\CC)OC(=O)CCCCCCC/C=C\CCCCCC)OC(=O)CCCCCCC/C=C\C/C=C\CCC. The molecule has 0 aromatic heterocycles. The molecule has 0 saturated carbocycles. The monoisotopic (exact) mass is 1500 g/mol. The average Bonchev–Trinajstić information content (AvgIpc) is 0.913. The summed E-state index contributed by atoms with van der Waals surface area (Å²) in [6.07, 6.45) is 85.7. The number of hydrogen-bond donors (Lipinski definition) is 3. The molecule has 3 N–H and O–H groups in total. The third kappa shape index (κ3) is 75.4. The molecule has 104 heavy (non-hydrogen) atoms. The largest absolute Gasteiger partial charge is 0.472 e. The first-order valence-corrected chi connectivity index (χ1v) is 43.4. The zero-order valence-electron chi connectivity index (χ0n) is 65.2. The Balaban J connectivity index is 5.35. The molecule has 19 heteroatoms. The Kier molecular flexibility index (Phi) is 72.9. The van der Waals surface area contributed by atoms with Gasteiger partial charge in [-0.15, -0.1) is 0 Å². The van der Waals surface area contributed by atoms with Crippen LogP contribution in [0.15, 0.2) is 134 Å². The van der Waals surface area contributed by atoms with E-state index in [-0.39, 0.29) is 25.7 Å². The highest BCUT2D eigenvalue weighted by Crippen LogP contribution is 2.45. The van der Waals surface area contributed by atoms with Gasteiger partial charge in [-0.1, -0.05) is 277 Å². The van der Waals surface area contributed by atoms with Gasteiger partial charge in [0.05, 0.1) is 26.4 Å². The lowest BCUT2D eigenvalue weighted by Gasteiger charge is -2.21. The topological polar surface area (TPSA) is 237 Å². The number of carbonyl (C=O) groups is 4. The Hall–Kier alpha value is -4.80. The highest BCUT2D eigenvalue weighted by atomic mass is 31.2. The first-order chi connectivity index (χ1) is 50.7. The van der Waals surface area contributed by atoms with Crippen LogP contribution in [0.3, 0.4) is 0 Å². The van der Waals surface area contributed by atoms with Gasteiger partial charge in [0.2, 0.25) is 0 Å². The van der Waals surface area contributed by atoms with E-state index >= 15 is 0 Å². The number of esters is 4. The van der Waals surface area contributed by atoms with Crippen molar-refractivity contribution >= 4 is 39.5 Å². The molecule has 0 spiro atoms. The fourth-order valence-electron chi connectivity index (χ4n) is 10.5. The number of unbranched alkanes of at least 4 members (excludes halogenated alkanes) is 27. The third-order valence-electron chi connectivity index (χ3n) is 16.6. The molecule has 0 aliphatic carbocycles. The Morgan fingerprint density at radius 2 is 0.519 bits per heavy atom. The van der Waals surface area contributed by atoms with Crippen molar-refractivity contribution in [3.8, 4) is 0 Å². The second-order valence-electron chi connectivity index (χ2n) is 26.6. The lowest BCUT2D eigenvalue weighted by molar-refractivity contribution is -0.161. The molecular formula is C85H144O17P2. The van der Waals surface area contributed by atoms with Crippen molar-refractivity contribution in [3.05, 3.63) is 134 Å². The number of phosphoric acid groups is 2. The zero-order chi connectivity index (χ0) is 76.0. The lowest BCUT2D eigenvalue weighted by atomic mass is 10.1. The molecular weight excluding hydrogens is 1350 g/mol. The molecule has 0 radical (unpaired) electrons. The smallest absolute Gasteiger partial charge is 0.462 e. The summed E-state index contributed by atoms with van der Waals surface area (Å²) in [5.41, 5.74) is 0. The maximum atomic E-state index is 13.1. The summed E-state index contributed by atoms with van der Waals surface area (Å²) in [5, 5.41) is 10.6. The van der Waals surface area contributed by atoms with Crippen molar-refractivity contribution in [2.45, 2.75) is 341 Å². The van der Waals surface area contributed by atoms with Gasteiger partial charge in [0.25, 0.3) is 0 Å². The van der Waals surface area contributed by atoms with Crippen LogP contribution >= 0.6 is 15.6 Å². The molecule has 0 aliphatic heterocycles. The summed E-state index contributed by atoms with van der Waals surface area (Å²) in [4.78, 5) is 73.0. The van der Waals surface area contributed by atoms with Gasteiger partial charge in [0, 0.05) is 25.7 Å². The van der Waals surface area contributed by atoms with Crippen molar-refractivity contribution in [3.63, 3.8) is 0 Å². The van der Waals surface area contributed by atoms with Crippen molar-refractivity contribution in [2.24, 2.45) is 0 Å². The summed E-state index contributed by atoms with van der Waals surface area (Å²) >= 11 is 0. The number of allylic oxidation sites excluding steroid dienone is 22. The first kappa shape index (κ1) is 99.2. The predicted octanol–water partition coefficient (Wildman–Crippen LogP) is 23.7. The summed E-state index contributed by atoms with van der Waals surface area (Å²) < 4.78 is 68.6. The molecule has 0 amide bonds. The van der Waals surface area contributed by atoms with E-state index in [1.54, 1.807) is 0 Å². The maximum absolute atomic E-state index is 13.1. The Morgan fingerprint density at radius 1 is 0.279 bits per heavy atom. The van der Waals surface area contributed by atoms with Gasteiger partial charge in [-0.05, 0) is 154 Å². The molecule has 5 atom stereocenters. The van der Waals surface area contributed by atoms with Gasteiger partial charge in [-0.3, -0.25) is 37.3 Å². The molecule has 5 unspecified atom stereocenters. The quantitative estimate of drug-likeness (QED) is 0.0169. The highest BCUT2D eigenvalue weighted by molar-refractivity contribution is 7.47. The second-order valence-corrected chi connectivity index (χ2v) is 29.5. The van der Waals surface area contributed by atoms with Crippen LogP contribution in [0.25, 0.3) is 0 Å². The number of ether oxygens (including phenoxy) is 4. The van der Waals surface area contributed by atoms with Gasteiger partial charge in [0.1, 0.15) is 19.3 Å². The summed E-state index contributed by atoms with van der Waals surface area (Å²) in [6, 6.07) is 0. The van der Waals surface area contributed by atoms with Gasteiger partial charge in [-0.2, -0.15) is 0 Å². The van der Waals surface area contributed by atoms with Gasteiger partial charge in [0.15, 0.2) is 12.2 Å². The Morgan fingerprint density at radius 3 is 0.817 bits per heavy atom. The van der Waals surface area contributed by atoms with E-state index in [1.807, 2.05) is 0 Å². The van der Waals surface area contributed by atoms with Gasteiger partial charge in [-0.25, -0.2) is 9.13 Å². The van der Waals surface area contributed by atoms with E-state index in [4.69, 9.17) is 37.0 Å². The van der Waals surface area contributed by atoms with Crippen LogP contribution in [-0.2, 0) is 65.4 Å². The van der Waals surface area contributed by atoms with E-state index in [2.05, 4.69) is 161 Å². The van der Waals surface area contributed by atoms with Crippen LogP contribution in [0.2, 0.25) is 0 Å². The van der Waals surface area contributed by atoms with Crippen LogP contribution in [0.5, 0.6) is 0 Å². The summed E-state index contributed by atoms with van der Waals surface area (Å²) in [7, 11) is -9.97. The molecule has 0 fully saturated rings. The minimum absolute atomic E-state index is 0.0724. The van der Waals surface area contributed by atoms with E-state index < -0.39 is 97.5 Å². The molecule has 0 aliphatic rings. The molecule has 0 saturated heterocycles. The Labute approximate surface area is 631 Å². The van der Waals surface area contributed by atoms with E-state index in [9.17, 15) is 43.2 Å². The number of phosphoric ester groups is 2. The number of aliphatic hydroxyl groups excluding tert-OH is 1. The number of carbonyl (C=O) groups excluding carboxylic acids is 4. The molecule has 0 rings (SSSR count). The van der Waals surface area contributed by atoms with Gasteiger partial charge < -0.3 is 33.8 Å². The van der Waals surface area contributed by atoms with Crippen LogP contribution in [-0.4, -0.2) is 96.7 Å². The van der Waals surface area contributed by atoms with Crippen LogP contribution < -0.4 is 0 Å². The van der Waals surface area contributed by atoms with E-state index in [0.717, 1.165) is 218 Å². The number of rotatable bonds is 75. The molecule has 596 valence electrons. The fraction of sp³-hybridized carbons (Fsp3) is 0.694. The third-order valence-corrected chi connectivity index (χ3v) is 18.5. The van der Waals surface area contributed by atoms with Crippen molar-refractivity contribution in [2.75, 3.05) is 39.6 Å². The average molecular weight is 1500 g/mol. The molecule has 17 nitrogen and oxygen atoms in total. The van der Waals surface area contributed by atoms with Crippen molar-refractivity contribution < 1.29 is 80.2 Å². The minimum Gasteiger partial charge on any atom is -0.462 e. The normalized spacial score (nSPS) is 14.6. The fourth-order valence-corrected chi connectivity index (χ4v) is 12.0. The predicted molar refractivity (Wildman–Crippen MR) is 427 cm³/mol. The zero-order valence-corrected chi connectivity index (χ0v) is 66.9. The van der Waals surface area contributed by atoms with Crippen LogP contribution in [0.1, 0.15) is 323 Å². The highest BCUT2D eigenvalue weighted by Gasteiger charge is 2.30. The number of aliphatic hydroxyl groups is 1. The van der Waals surface area contributed by atoms with Crippen LogP contribution in [0, 0.1) is 0 Å². The van der Waals surface area contributed by atoms with Crippen LogP contribution in [0.4, 0.5) is 0 Å². The van der Waals surface area contributed by atoms with Gasteiger partial charge >= 0.3 is 39.5 Å². The molecule has 0 heterocycles. The Bertz CT molecular complexity index is 2490. The van der Waals surface area contributed by atoms with Crippen molar-refractivity contribution in [1.82, 2.24) is 0 Å². The summed E-state index contributed by atoms with van der Waals surface area (Å²) in [6.45, 7) is 4.53. The molecule has 0 aromatic carbocycles. The standard InChI is InChI=1S/C85H144O17P2/c1-5-9-13-17-21-25-29-33-35-37-39-41-43-47-49-53-57-61-65-69-82(87)95-75-80(101-84(89)71-67-63-59-55-51-45-31-27-23-19-15-11-7-3)77-99-103(91,92)97-73-79(86)74-98-104(93,94)100-78-81(102-85(90)72-68-64-60-56-52-46-32-28-24-20-16-12-8-4)76-96-83(88)70-66-62-58-54-50-48-44-42-40-38-36-34-30-26-22-18-14-10-6-2/h9-10,13-15,19,21-22,25-28,31-36,39-42,79-81,86H,5-8,11-12,16-18,20,23-24,29-30,37-38,43-78H2,1-4H3,(H,91,92)(H,93,94)/b13-9-,14-10-,19-15-,25-21-,26-22-,31-27-,32-28-,35-33-,36-34-,41-39-,42-40-.